The molecule has 1 aliphatic rings. The highest BCUT2D eigenvalue weighted by atomic mass is 32.1. The lowest BCUT2D eigenvalue weighted by Gasteiger charge is -2.27. The summed E-state index contributed by atoms with van der Waals surface area (Å²) in [5.41, 5.74) is 0.942. The molecule has 2 aromatic heterocycles. The first-order valence-corrected chi connectivity index (χ1v) is 9.59. The fraction of sp³-hybridized carbons (Fsp3) is 0.588. The summed E-state index contributed by atoms with van der Waals surface area (Å²) < 4.78 is 0. The van der Waals surface area contributed by atoms with Crippen LogP contribution in [0.4, 0.5) is 11.8 Å². The lowest BCUT2D eigenvalue weighted by Crippen LogP contribution is -2.29. The summed E-state index contributed by atoms with van der Waals surface area (Å²) in [6.07, 6.45) is 9.34. The molecule has 0 aliphatic heterocycles. The number of rotatable bonds is 7. The fourth-order valence-electron chi connectivity index (χ4n) is 2.88. The Balaban J connectivity index is 1.78. The van der Waals surface area contributed by atoms with Gasteiger partial charge in [-0.1, -0.05) is 13.3 Å². The first-order chi connectivity index (χ1) is 11.8. The number of hydrogen-bond acceptors (Lipinski definition) is 7. The van der Waals surface area contributed by atoms with Crippen molar-refractivity contribution in [3.8, 4) is 10.6 Å². The number of anilines is 2. The SMILES string of the molecule is CCCCNc1ncc(-c2nccs2)c(NC2CCC(O)CC2)n1. The van der Waals surface area contributed by atoms with Gasteiger partial charge in [0, 0.05) is 30.4 Å². The van der Waals surface area contributed by atoms with Gasteiger partial charge in [0.25, 0.3) is 0 Å². The van der Waals surface area contributed by atoms with Gasteiger partial charge in [-0.15, -0.1) is 11.3 Å². The van der Waals surface area contributed by atoms with Gasteiger partial charge in [-0.3, -0.25) is 0 Å². The second-order valence-electron chi connectivity index (χ2n) is 6.22. The van der Waals surface area contributed by atoms with E-state index in [1.807, 2.05) is 11.6 Å². The minimum atomic E-state index is -0.154. The molecule has 1 saturated carbocycles. The largest absolute Gasteiger partial charge is 0.393 e. The molecule has 2 heterocycles. The van der Waals surface area contributed by atoms with Gasteiger partial charge in [0.15, 0.2) is 0 Å². The van der Waals surface area contributed by atoms with E-state index in [0.29, 0.717) is 12.0 Å². The zero-order chi connectivity index (χ0) is 16.8. The third-order valence-corrected chi connectivity index (χ3v) is 5.11. The molecular formula is C17H25N5OS. The van der Waals surface area contributed by atoms with Crippen LogP contribution in [0.5, 0.6) is 0 Å². The predicted molar refractivity (Wildman–Crippen MR) is 98.4 cm³/mol. The van der Waals surface area contributed by atoms with Crippen LogP contribution in [0.3, 0.4) is 0 Å². The van der Waals surface area contributed by atoms with Crippen molar-refractivity contribution in [3.05, 3.63) is 17.8 Å². The van der Waals surface area contributed by atoms with Crippen molar-refractivity contribution in [2.24, 2.45) is 0 Å². The molecule has 130 valence electrons. The molecule has 24 heavy (non-hydrogen) atoms. The van der Waals surface area contributed by atoms with Gasteiger partial charge in [0.05, 0.1) is 11.7 Å². The third-order valence-electron chi connectivity index (χ3n) is 4.30. The van der Waals surface area contributed by atoms with Gasteiger partial charge < -0.3 is 15.7 Å². The van der Waals surface area contributed by atoms with Gasteiger partial charge in [-0.05, 0) is 32.1 Å². The van der Waals surface area contributed by atoms with Crippen LogP contribution in [-0.2, 0) is 0 Å². The number of aliphatic hydroxyl groups excluding tert-OH is 1. The molecular weight excluding hydrogens is 322 g/mol. The predicted octanol–water partition coefficient (Wildman–Crippen LogP) is 3.53. The molecule has 3 rings (SSSR count). The molecule has 7 heteroatoms. The smallest absolute Gasteiger partial charge is 0.224 e. The van der Waals surface area contributed by atoms with Gasteiger partial charge in [-0.2, -0.15) is 4.98 Å². The molecule has 1 fully saturated rings. The number of nitrogens with one attached hydrogen (secondary N) is 2. The van der Waals surface area contributed by atoms with Crippen LogP contribution in [0.15, 0.2) is 17.8 Å². The number of hydrogen-bond donors (Lipinski definition) is 3. The molecule has 0 radical (unpaired) electrons. The first-order valence-electron chi connectivity index (χ1n) is 8.71. The Kier molecular flexibility index (Phi) is 5.98. The molecule has 0 spiro atoms. The lowest BCUT2D eigenvalue weighted by molar-refractivity contribution is 0.126. The number of nitrogens with zero attached hydrogens (tertiary/aromatic N) is 3. The molecule has 0 amide bonds. The van der Waals surface area contributed by atoms with E-state index in [-0.39, 0.29) is 6.10 Å². The van der Waals surface area contributed by atoms with Crippen molar-refractivity contribution >= 4 is 23.1 Å². The molecule has 0 bridgehead atoms. The summed E-state index contributed by atoms with van der Waals surface area (Å²) in [6, 6.07) is 0.338. The Labute approximate surface area is 146 Å². The zero-order valence-corrected chi connectivity index (χ0v) is 14.9. The summed E-state index contributed by atoms with van der Waals surface area (Å²) in [5, 5.41) is 19.4. The monoisotopic (exact) mass is 347 g/mol. The van der Waals surface area contributed by atoms with E-state index in [9.17, 15) is 5.11 Å². The molecule has 0 aromatic carbocycles. The summed E-state index contributed by atoms with van der Waals surface area (Å²) in [7, 11) is 0. The van der Waals surface area contributed by atoms with Gasteiger partial charge in [0.1, 0.15) is 10.8 Å². The molecule has 0 atom stereocenters. The maximum absolute atomic E-state index is 9.69. The van der Waals surface area contributed by atoms with Crippen molar-refractivity contribution in [3.63, 3.8) is 0 Å². The van der Waals surface area contributed by atoms with Crippen LogP contribution >= 0.6 is 11.3 Å². The van der Waals surface area contributed by atoms with E-state index in [4.69, 9.17) is 0 Å². The second kappa shape index (κ2) is 8.39. The summed E-state index contributed by atoms with van der Waals surface area (Å²) >= 11 is 1.59. The topological polar surface area (TPSA) is 83.0 Å². The summed E-state index contributed by atoms with van der Waals surface area (Å²) in [5.74, 6) is 1.49. The van der Waals surface area contributed by atoms with E-state index < -0.39 is 0 Å². The molecule has 0 saturated heterocycles. The first kappa shape index (κ1) is 17.1. The molecule has 3 N–H and O–H groups in total. The third kappa shape index (κ3) is 4.42. The molecule has 1 aliphatic carbocycles. The average Bonchev–Trinajstić information content (AvgIpc) is 3.12. The standard InChI is InChI=1S/C17H25N5OS/c1-2-3-8-19-17-20-11-14(16-18-9-10-24-16)15(22-17)21-12-4-6-13(23)7-5-12/h9-13,23H,2-8H2,1H3,(H2,19,20,21,22). The van der Waals surface area contributed by atoms with Crippen LogP contribution in [0.25, 0.3) is 10.6 Å². The van der Waals surface area contributed by atoms with Crippen LogP contribution in [0.1, 0.15) is 45.4 Å². The molecule has 0 unspecified atom stereocenters. The zero-order valence-electron chi connectivity index (χ0n) is 14.0. The Morgan fingerprint density at radius 3 is 2.79 bits per heavy atom. The van der Waals surface area contributed by atoms with Gasteiger partial charge in [-0.25, -0.2) is 9.97 Å². The van der Waals surface area contributed by atoms with Crippen LogP contribution in [-0.4, -0.2) is 38.7 Å². The van der Waals surface area contributed by atoms with Crippen molar-refractivity contribution in [2.45, 2.75) is 57.6 Å². The van der Waals surface area contributed by atoms with Crippen LogP contribution < -0.4 is 10.6 Å². The maximum Gasteiger partial charge on any atom is 0.224 e. The molecule has 6 nitrogen and oxygen atoms in total. The Hall–Kier alpha value is -1.73. The van der Waals surface area contributed by atoms with E-state index in [1.165, 1.54) is 0 Å². The fourth-order valence-corrected chi connectivity index (χ4v) is 3.53. The number of thiazole rings is 1. The minimum Gasteiger partial charge on any atom is -0.393 e. The van der Waals surface area contributed by atoms with Crippen molar-refractivity contribution in [2.75, 3.05) is 17.2 Å². The maximum atomic E-state index is 9.69. The Bertz CT molecular complexity index is 626. The van der Waals surface area contributed by atoms with Gasteiger partial charge in [0.2, 0.25) is 5.95 Å². The minimum absolute atomic E-state index is 0.154. The van der Waals surface area contributed by atoms with Crippen LogP contribution in [0, 0.1) is 0 Å². The number of unbranched alkanes of at least 4 members (excludes halogenated alkanes) is 1. The quantitative estimate of drug-likeness (QED) is 0.665. The second-order valence-corrected chi connectivity index (χ2v) is 7.12. The summed E-state index contributed by atoms with van der Waals surface area (Å²) in [6.45, 7) is 3.04. The lowest BCUT2D eigenvalue weighted by atomic mass is 9.93. The van der Waals surface area contributed by atoms with E-state index in [0.717, 1.165) is 61.5 Å². The highest BCUT2D eigenvalue weighted by molar-refractivity contribution is 7.13. The summed E-state index contributed by atoms with van der Waals surface area (Å²) in [4.78, 5) is 13.5. The van der Waals surface area contributed by atoms with Crippen molar-refractivity contribution in [1.82, 2.24) is 15.0 Å². The van der Waals surface area contributed by atoms with E-state index in [2.05, 4.69) is 32.5 Å². The van der Waals surface area contributed by atoms with Crippen LogP contribution in [0.2, 0.25) is 0 Å². The highest BCUT2D eigenvalue weighted by Gasteiger charge is 2.21. The van der Waals surface area contributed by atoms with E-state index >= 15 is 0 Å². The van der Waals surface area contributed by atoms with E-state index in [1.54, 1.807) is 17.5 Å². The van der Waals surface area contributed by atoms with Crippen molar-refractivity contribution in [1.29, 1.82) is 0 Å². The average molecular weight is 347 g/mol. The number of aromatic nitrogens is 3. The highest BCUT2D eigenvalue weighted by Crippen LogP contribution is 2.30. The number of aliphatic hydroxyl groups is 1. The Morgan fingerprint density at radius 2 is 2.08 bits per heavy atom. The Morgan fingerprint density at radius 1 is 1.25 bits per heavy atom. The van der Waals surface area contributed by atoms with Crippen molar-refractivity contribution < 1.29 is 5.11 Å². The van der Waals surface area contributed by atoms with Gasteiger partial charge >= 0.3 is 0 Å². The normalized spacial score (nSPS) is 20.8. The molecule has 2 aromatic rings.